The van der Waals surface area contributed by atoms with Gasteiger partial charge in [-0.25, -0.2) is 9.79 Å². The Morgan fingerprint density at radius 3 is 2.75 bits per heavy atom. The first-order valence-corrected chi connectivity index (χ1v) is 9.99. The average Bonchev–Trinajstić information content (AvgIpc) is 3.03. The number of nitrogens with one attached hydrogen (secondary N) is 1. The molecule has 0 spiro atoms. The summed E-state index contributed by atoms with van der Waals surface area (Å²) in [5.74, 6) is 0.472. The smallest absolute Gasteiger partial charge is 0.325 e. The van der Waals surface area contributed by atoms with Crippen molar-refractivity contribution in [3.05, 3.63) is 29.3 Å². The molecule has 1 saturated heterocycles. The van der Waals surface area contributed by atoms with Crippen molar-refractivity contribution in [1.29, 1.82) is 0 Å². The summed E-state index contributed by atoms with van der Waals surface area (Å²) in [6.45, 7) is 0.0291. The van der Waals surface area contributed by atoms with Crippen LogP contribution in [0.5, 0.6) is 5.75 Å². The third-order valence-electron chi connectivity index (χ3n) is 4.31. The van der Waals surface area contributed by atoms with Crippen molar-refractivity contribution < 1.29 is 24.5 Å². The molecule has 1 aromatic carbocycles. The van der Waals surface area contributed by atoms with E-state index in [4.69, 9.17) is 21.4 Å². The van der Waals surface area contributed by atoms with E-state index in [-0.39, 0.29) is 19.8 Å². The maximum absolute atomic E-state index is 12.4. The standard InChI is InChI=1S/C17H21ClN4O5S/c1-21-14-13(15(25)20-16(21)26)22(17(19-14)28-7-6-23)8-11(24)9-27-12-4-2-10(18)3-5-12/h2-5,11,13-14,23-24H,6-9H2,1H3,(H,20,25,26). The van der Waals surface area contributed by atoms with E-state index < -0.39 is 30.2 Å². The van der Waals surface area contributed by atoms with Gasteiger partial charge in [0.05, 0.1) is 13.2 Å². The van der Waals surface area contributed by atoms with Crippen molar-refractivity contribution >= 4 is 40.5 Å². The Morgan fingerprint density at radius 2 is 2.07 bits per heavy atom. The monoisotopic (exact) mass is 428 g/mol. The summed E-state index contributed by atoms with van der Waals surface area (Å²) in [5.41, 5.74) is 0. The van der Waals surface area contributed by atoms with Gasteiger partial charge in [-0.3, -0.25) is 10.1 Å². The van der Waals surface area contributed by atoms with Crippen molar-refractivity contribution in [2.45, 2.75) is 18.3 Å². The number of halogens is 1. The Hall–Kier alpha value is -2.01. The van der Waals surface area contributed by atoms with Gasteiger partial charge in [0.2, 0.25) is 0 Å². The van der Waals surface area contributed by atoms with E-state index in [0.29, 0.717) is 21.7 Å². The van der Waals surface area contributed by atoms with Gasteiger partial charge in [0.1, 0.15) is 18.5 Å². The zero-order valence-electron chi connectivity index (χ0n) is 15.1. The van der Waals surface area contributed by atoms with E-state index >= 15 is 0 Å². The number of imide groups is 1. The van der Waals surface area contributed by atoms with E-state index in [2.05, 4.69) is 10.3 Å². The number of carbonyl (C=O) groups excluding carboxylic acids is 2. The average molecular weight is 429 g/mol. The van der Waals surface area contributed by atoms with Gasteiger partial charge in [-0.2, -0.15) is 0 Å². The Kier molecular flexibility index (Phi) is 6.65. The van der Waals surface area contributed by atoms with Crippen LogP contribution in [0.25, 0.3) is 0 Å². The van der Waals surface area contributed by atoms with Crippen LogP contribution in [0.2, 0.25) is 5.02 Å². The van der Waals surface area contributed by atoms with E-state index in [1.54, 1.807) is 36.2 Å². The molecular formula is C17H21ClN4O5S. The van der Waals surface area contributed by atoms with Crippen LogP contribution < -0.4 is 10.1 Å². The largest absolute Gasteiger partial charge is 0.491 e. The summed E-state index contributed by atoms with van der Waals surface area (Å²) in [5, 5.41) is 22.9. The molecule has 152 valence electrons. The Balaban J connectivity index is 1.68. The molecule has 3 unspecified atom stereocenters. The molecule has 0 saturated carbocycles. The van der Waals surface area contributed by atoms with Crippen molar-refractivity contribution in [2.24, 2.45) is 4.99 Å². The van der Waals surface area contributed by atoms with Gasteiger partial charge in [-0.15, -0.1) is 0 Å². The van der Waals surface area contributed by atoms with Gasteiger partial charge in [-0.1, -0.05) is 23.4 Å². The Labute approximate surface area is 171 Å². The molecule has 2 heterocycles. The van der Waals surface area contributed by atoms with Gasteiger partial charge in [0.25, 0.3) is 5.91 Å². The molecule has 3 N–H and O–H groups in total. The Morgan fingerprint density at radius 1 is 1.36 bits per heavy atom. The lowest BCUT2D eigenvalue weighted by Crippen LogP contribution is -2.64. The highest BCUT2D eigenvalue weighted by Gasteiger charge is 2.48. The lowest BCUT2D eigenvalue weighted by atomic mass is 10.1. The van der Waals surface area contributed by atoms with Gasteiger partial charge in [-0.05, 0) is 24.3 Å². The van der Waals surface area contributed by atoms with E-state index in [1.807, 2.05) is 0 Å². The van der Waals surface area contributed by atoms with E-state index in [0.717, 1.165) is 0 Å². The predicted octanol–water partition coefficient (Wildman–Crippen LogP) is 0.353. The second kappa shape index (κ2) is 8.99. The maximum atomic E-state index is 12.4. The lowest BCUT2D eigenvalue weighted by molar-refractivity contribution is -0.127. The first-order valence-electron chi connectivity index (χ1n) is 8.63. The number of likely N-dealkylation sites (N-methyl/N-ethyl adjacent to an activating group) is 1. The molecule has 11 heteroatoms. The second-order valence-corrected chi connectivity index (χ2v) is 7.82. The summed E-state index contributed by atoms with van der Waals surface area (Å²) < 4.78 is 5.56. The highest BCUT2D eigenvalue weighted by molar-refractivity contribution is 8.13. The van der Waals surface area contributed by atoms with Crippen molar-refractivity contribution in [3.63, 3.8) is 0 Å². The predicted molar refractivity (Wildman–Crippen MR) is 106 cm³/mol. The minimum absolute atomic E-state index is 0.00382. The number of fused-ring (bicyclic) bond motifs is 1. The van der Waals surface area contributed by atoms with Gasteiger partial charge in [0, 0.05) is 17.8 Å². The fourth-order valence-corrected chi connectivity index (χ4v) is 3.89. The molecule has 1 fully saturated rings. The summed E-state index contributed by atoms with van der Waals surface area (Å²) in [7, 11) is 1.56. The number of amides is 3. The molecule has 3 rings (SSSR count). The third-order valence-corrected chi connectivity index (χ3v) is 5.55. The number of benzene rings is 1. The molecule has 2 aliphatic heterocycles. The van der Waals surface area contributed by atoms with E-state index in [9.17, 15) is 14.7 Å². The van der Waals surface area contributed by atoms with Crippen LogP contribution in [0, 0.1) is 0 Å². The van der Waals surface area contributed by atoms with Crippen molar-refractivity contribution in [2.75, 3.05) is 32.6 Å². The third kappa shape index (κ3) is 4.52. The molecule has 9 nitrogen and oxygen atoms in total. The molecule has 28 heavy (non-hydrogen) atoms. The van der Waals surface area contributed by atoms with Crippen molar-refractivity contribution in [1.82, 2.24) is 15.1 Å². The quantitative estimate of drug-likeness (QED) is 0.574. The minimum atomic E-state index is -0.912. The number of aliphatic hydroxyl groups is 2. The molecule has 0 aromatic heterocycles. The molecule has 0 radical (unpaired) electrons. The topological polar surface area (TPSA) is 115 Å². The summed E-state index contributed by atoms with van der Waals surface area (Å²) in [6, 6.07) is 5.50. The molecule has 3 atom stereocenters. The molecular weight excluding hydrogens is 408 g/mol. The number of nitrogens with zero attached hydrogens (tertiary/aromatic N) is 3. The molecule has 0 aliphatic carbocycles. The van der Waals surface area contributed by atoms with Gasteiger partial charge >= 0.3 is 6.03 Å². The van der Waals surface area contributed by atoms with Gasteiger partial charge in [0.15, 0.2) is 17.4 Å². The fourth-order valence-electron chi connectivity index (χ4n) is 2.95. The van der Waals surface area contributed by atoms with Crippen LogP contribution in [0.1, 0.15) is 0 Å². The van der Waals surface area contributed by atoms with Crippen LogP contribution in [0.4, 0.5) is 4.79 Å². The number of hydrogen-bond donors (Lipinski definition) is 3. The highest BCUT2D eigenvalue weighted by atomic mass is 35.5. The number of hydrogen-bond acceptors (Lipinski definition) is 8. The number of urea groups is 1. The zero-order chi connectivity index (χ0) is 20.3. The lowest BCUT2D eigenvalue weighted by Gasteiger charge is -2.36. The first kappa shape index (κ1) is 20.7. The number of aliphatic imine (C=N–C) groups is 1. The zero-order valence-corrected chi connectivity index (χ0v) is 16.7. The number of aliphatic hydroxyl groups excluding tert-OH is 2. The number of amidine groups is 1. The van der Waals surface area contributed by atoms with Crippen LogP contribution in [-0.2, 0) is 4.79 Å². The maximum Gasteiger partial charge on any atom is 0.325 e. The first-order chi connectivity index (χ1) is 13.4. The number of β-amino-alcohol motifs (C(OH)–C–C–N with tert-alkyl or cyclic N) is 1. The van der Waals surface area contributed by atoms with Crippen LogP contribution in [0.15, 0.2) is 29.3 Å². The van der Waals surface area contributed by atoms with Crippen molar-refractivity contribution in [3.8, 4) is 5.75 Å². The van der Waals surface area contributed by atoms with Crippen LogP contribution >= 0.6 is 23.4 Å². The molecule has 2 aliphatic rings. The van der Waals surface area contributed by atoms with Crippen LogP contribution in [0.3, 0.4) is 0 Å². The number of rotatable bonds is 7. The molecule has 3 amide bonds. The summed E-state index contributed by atoms with van der Waals surface area (Å²) in [6.07, 6.45) is -1.59. The van der Waals surface area contributed by atoms with E-state index in [1.165, 1.54) is 16.7 Å². The highest BCUT2D eigenvalue weighted by Crippen LogP contribution is 2.28. The SMILES string of the molecule is CN1C(=O)NC(=O)C2C1N=C(SCCO)N2CC(O)COc1ccc(Cl)cc1. The number of ether oxygens (including phenoxy) is 1. The Bertz CT molecular complexity index is 762. The second-order valence-electron chi connectivity index (χ2n) is 6.32. The molecule has 0 bridgehead atoms. The number of carbonyl (C=O) groups is 2. The fraction of sp³-hybridized carbons (Fsp3) is 0.471. The number of thioether (sulfide) groups is 1. The van der Waals surface area contributed by atoms with Crippen LogP contribution in [-0.4, -0.2) is 88.0 Å². The normalized spacial score (nSPS) is 22.6. The van der Waals surface area contributed by atoms with Gasteiger partial charge < -0.3 is 24.7 Å². The minimum Gasteiger partial charge on any atom is -0.491 e. The summed E-state index contributed by atoms with van der Waals surface area (Å²) >= 11 is 7.10. The summed E-state index contributed by atoms with van der Waals surface area (Å²) in [4.78, 5) is 31.7. The molecule has 1 aromatic rings.